The summed E-state index contributed by atoms with van der Waals surface area (Å²) < 4.78 is 15.2. The zero-order valence-corrected chi connectivity index (χ0v) is 9.94. The molecule has 4 heteroatoms. The van der Waals surface area contributed by atoms with E-state index in [0.717, 1.165) is 5.39 Å². The van der Waals surface area contributed by atoms with Crippen LogP contribution in [0.15, 0.2) is 24.9 Å². The van der Waals surface area contributed by atoms with Gasteiger partial charge in [-0.1, -0.05) is 12.7 Å². The number of aromatic nitrogens is 2. The Kier molecular flexibility index (Phi) is 2.75. The first-order valence-electron chi connectivity index (χ1n) is 5.40. The van der Waals surface area contributed by atoms with Crippen LogP contribution < -0.4 is 0 Å². The largest absolute Gasteiger partial charge is 0.389 e. The van der Waals surface area contributed by atoms with E-state index in [9.17, 15) is 9.50 Å². The first-order chi connectivity index (χ1) is 7.90. The normalized spacial score (nSPS) is 12.0. The lowest BCUT2D eigenvalue weighted by Crippen LogP contribution is -2.26. The molecule has 0 radical (unpaired) electrons. The van der Waals surface area contributed by atoms with E-state index in [1.54, 1.807) is 30.8 Å². The predicted molar refractivity (Wildman–Crippen MR) is 66.1 cm³/mol. The quantitative estimate of drug-likeness (QED) is 0.886. The third-order valence-corrected chi connectivity index (χ3v) is 2.52. The van der Waals surface area contributed by atoms with E-state index in [1.165, 1.54) is 12.1 Å². The maximum atomic E-state index is 13.6. The van der Waals surface area contributed by atoms with Gasteiger partial charge in [-0.3, -0.25) is 4.68 Å². The van der Waals surface area contributed by atoms with Gasteiger partial charge in [-0.25, -0.2) is 4.39 Å². The number of halogens is 1. The number of hydrogen-bond donors (Lipinski definition) is 1. The molecule has 0 aliphatic heterocycles. The molecule has 0 spiro atoms. The van der Waals surface area contributed by atoms with Crippen molar-refractivity contribution in [2.45, 2.75) is 26.0 Å². The van der Waals surface area contributed by atoms with E-state index in [4.69, 9.17) is 0 Å². The molecule has 1 N–H and O–H groups in total. The molecule has 0 amide bonds. The van der Waals surface area contributed by atoms with Crippen molar-refractivity contribution < 1.29 is 9.50 Å². The molecule has 1 heterocycles. The zero-order valence-electron chi connectivity index (χ0n) is 9.94. The number of aliphatic hydroxyl groups is 1. The van der Waals surface area contributed by atoms with Crippen molar-refractivity contribution in [3.05, 3.63) is 36.3 Å². The molecular weight excluding hydrogens is 219 g/mol. The fourth-order valence-electron chi connectivity index (χ4n) is 1.77. The van der Waals surface area contributed by atoms with Gasteiger partial charge in [-0.05, 0) is 19.9 Å². The summed E-state index contributed by atoms with van der Waals surface area (Å²) in [5.74, 6) is -0.329. The van der Waals surface area contributed by atoms with Crippen molar-refractivity contribution in [3.63, 3.8) is 0 Å². The molecule has 2 aromatic rings. The second-order valence-electron chi connectivity index (χ2n) is 4.75. The number of hydrogen-bond acceptors (Lipinski definition) is 2. The van der Waals surface area contributed by atoms with Crippen molar-refractivity contribution in [1.82, 2.24) is 9.78 Å². The molecule has 0 atom stereocenters. The molecule has 3 nitrogen and oxygen atoms in total. The summed E-state index contributed by atoms with van der Waals surface area (Å²) in [5, 5.41) is 14.7. The van der Waals surface area contributed by atoms with Crippen LogP contribution in [0.25, 0.3) is 17.0 Å². The highest BCUT2D eigenvalue weighted by atomic mass is 19.1. The summed E-state index contributed by atoms with van der Waals surface area (Å²) in [7, 11) is 0. The molecule has 0 unspecified atom stereocenters. The second-order valence-corrected chi connectivity index (χ2v) is 4.75. The van der Waals surface area contributed by atoms with E-state index in [-0.39, 0.29) is 5.82 Å². The Labute approximate surface area is 99.2 Å². The van der Waals surface area contributed by atoms with Crippen LogP contribution in [-0.4, -0.2) is 20.5 Å². The van der Waals surface area contributed by atoms with Crippen LogP contribution >= 0.6 is 0 Å². The molecule has 1 aromatic carbocycles. The number of benzene rings is 1. The van der Waals surface area contributed by atoms with Crippen LogP contribution in [-0.2, 0) is 6.54 Å². The van der Waals surface area contributed by atoms with Crippen LogP contribution in [0, 0.1) is 5.82 Å². The van der Waals surface area contributed by atoms with Crippen molar-refractivity contribution in [2.24, 2.45) is 0 Å². The maximum Gasteiger partial charge on any atom is 0.132 e. The molecule has 17 heavy (non-hydrogen) atoms. The third-order valence-electron chi connectivity index (χ3n) is 2.52. The Morgan fingerprint density at radius 3 is 2.82 bits per heavy atom. The number of rotatable bonds is 3. The van der Waals surface area contributed by atoms with E-state index < -0.39 is 5.60 Å². The van der Waals surface area contributed by atoms with Gasteiger partial charge in [0.2, 0.25) is 0 Å². The van der Waals surface area contributed by atoms with Gasteiger partial charge in [0.25, 0.3) is 0 Å². The van der Waals surface area contributed by atoms with Crippen molar-refractivity contribution in [3.8, 4) is 0 Å². The Morgan fingerprint density at radius 2 is 2.24 bits per heavy atom. The van der Waals surface area contributed by atoms with Gasteiger partial charge in [0.1, 0.15) is 5.82 Å². The van der Waals surface area contributed by atoms with Gasteiger partial charge in [-0.2, -0.15) is 5.10 Å². The summed E-state index contributed by atoms with van der Waals surface area (Å²) in [6.07, 6.45) is 3.13. The summed E-state index contributed by atoms with van der Waals surface area (Å²) in [4.78, 5) is 0. The summed E-state index contributed by atoms with van der Waals surface area (Å²) in [6, 6.07) is 3.12. The monoisotopic (exact) mass is 234 g/mol. The van der Waals surface area contributed by atoms with Gasteiger partial charge in [0.15, 0.2) is 0 Å². The topological polar surface area (TPSA) is 38.0 Å². The van der Waals surface area contributed by atoms with Crippen LogP contribution in [0.3, 0.4) is 0 Å². The van der Waals surface area contributed by atoms with Gasteiger partial charge >= 0.3 is 0 Å². The minimum Gasteiger partial charge on any atom is -0.389 e. The smallest absolute Gasteiger partial charge is 0.132 e. The van der Waals surface area contributed by atoms with Crippen molar-refractivity contribution in [1.29, 1.82) is 0 Å². The standard InChI is InChI=1S/C13H15FN2O/c1-4-9-5-10-7-15-16(8-13(2,3)17)12(10)6-11(9)14/h4-7,17H,1,8H2,2-3H3. The molecule has 0 fully saturated rings. The van der Waals surface area contributed by atoms with E-state index in [0.29, 0.717) is 17.6 Å². The lowest BCUT2D eigenvalue weighted by molar-refractivity contribution is 0.0591. The Bertz CT molecular complexity index is 567. The van der Waals surface area contributed by atoms with Gasteiger partial charge < -0.3 is 5.11 Å². The van der Waals surface area contributed by atoms with E-state index in [1.807, 2.05) is 0 Å². The molecule has 0 bridgehead atoms. The SMILES string of the molecule is C=Cc1cc2cnn(CC(C)(C)O)c2cc1F. The molecule has 90 valence electrons. The fraction of sp³-hybridized carbons (Fsp3) is 0.308. The third kappa shape index (κ3) is 2.36. The molecule has 2 rings (SSSR count). The highest BCUT2D eigenvalue weighted by Gasteiger charge is 2.16. The Hall–Kier alpha value is -1.68. The average molecular weight is 234 g/mol. The zero-order chi connectivity index (χ0) is 12.6. The van der Waals surface area contributed by atoms with Crippen LogP contribution in [0.1, 0.15) is 19.4 Å². The predicted octanol–water partition coefficient (Wildman–Crippen LogP) is 2.59. The number of fused-ring (bicyclic) bond motifs is 1. The Morgan fingerprint density at radius 1 is 1.53 bits per heavy atom. The summed E-state index contributed by atoms with van der Waals surface area (Å²) in [5.41, 5.74) is 0.252. The highest BCUT2D eigenvalue weighted by molar-refractivity contribution is 5.81. The van der Waals surface area contributed by atoms with Crippen molar-refractivity contribution in [2.75, 3.05) is 0 Å². The Balaban J connectivity index is 2.54. The molecule has 0 aliphatic rings. The first kappa shape index (κ1) is 11.8. The maximum absolute atomic E-state index is 13.6. The van der Waals surface area contributed by atoms with E-state index in [2.05, 4.69) is 11.7 Å². The average Bonchev–Trinajstić information content (AvgIpc) is 2.57. The number of nitrogens with zero attached hydrogens (tertiary/aromatic N) is 2. The summed E-state index contributed by atoms with van der Waals surface area (Å²) >= 11 is 0. The first-order valence-corrected chi connectivity index (χ1v) is 5.40. The molecule has 1 aromatic heterocycles. The minimum absolute atomic E-state index is 0.323. The highest BCUT2D eigenvalue weighted by Crippen LogP contribution is 2.21. The van der Waals surface area contributed by atoms with Crippen molar-refractivity contribution >= 4 is 17.0 Å². The molecular formula is C13H15FN2O. The minimum atomic E-state index is -0.882. The molecule has 0 aliphatic carbocycles. The van der Waals surface area contributed by atoms with Crippen LogP contribution in [0.5, 0.6) is 0 Å². The second kappa shape index (κ2) is 3.96. The molecule has 0 saturated heterocycles. The lowest BCUT2D eigenvalue weighted by atomic mass is 10.1. The summed E-state index contributed by atoms with van der Waals surface area (Å²) in [6.45, 7) is 7.26. The molecule has 0 saturated carbocycles. The van der Waals surface area contributed by atoms with Gasteiger partial charge in [0.05, 0.1) is 23.9 Å². The van der Waals surface area contributed by atoms with Crippen LogP contribution in [0.2, 0.25) is 0 Å². The van der Waals surface area contributed by atoms with E-state index >= 15 is 0 Å². The van der Waals surface area contributed by atoms with Gasteiger partial charge in [0, 0.05) is 17.0 Å². The van der Waals surface area contributed by atoms with Gasteiger partial charge in [-0.15, -0.1) is 0 Å². The van der Waals surface area contributed by atoms with Crippen LogP contribution in [0.4, 0.5) is 4.39 Å². The fourth-order valence-corrected chi connectivity index (χ4v) is 1.77. The lowest BCUT2D eigenvalue weighted by Gasteiger charge is -2.17.